The topological polar surface area (TPSA) is 54.0 Å². The zero-order chi connectivity index (χ0) is 13.7. The summed E-state index contributed by atoms with van der Waals surface area (Å²) in [5.41, 5.74) is 1.60. The molecule has 0 radical (unpaired) electrons. The lowest BCUT2D eigenvalue weighted by molar-refractivity contribution is -0.119. The first-order valence-corrected chi connectivity index (χ1v) is 6.57. The number of fused-ring (bicyclic) bond motifs is 1. The molecular formula is C15H19N3O. The lowest BCUT2D eigenvalue weighted by atomic mass is 10.1. The van der Waals surface area contributed by atoms with Gasteiger partial charge >= 0.3 is 0 Å². The Morgan fingerprint density at radius 1 is 1.32 bits per heavy atom. The van der Waals surface area contributed by atoms with E-state index in [1.807, 2.05) is 44.2 Å². The molecule has 0 saturated heterocycles. The van der Waals surface area contributed by atoms with E-state index in [-0.39, 0.29) is 11.8 Å². The molecule has 1 atom stereocenters. The predicted molar refractivity (Wildman–Crippen MR) is 78.1 cm³/mol. The summed E-state index contributed by atoms with van der Waals surface area (Å²) in [5, 5.41) is 7.16. The number of nitrogens with zero attached hydrogens (tertiary/aromatic N) is 1. The van der Waals surface area contributed by atoms with Crippen molar-refractivity contribution in [1.29, 1.82) is 0 Å². The van der Waals surface area contributed by atoms with Crippen LogP contribution in [-0.4, -0.2) is 24.0 Å². The molecule has 1 amide bonds. The summed E-state index contributed by atoms with van der Waals surface area (Å²) < 4.78 is 0. The molecule has 0 aliphatic heterocycles. The van der Waals surface area contributed by atoms with Gasteiger partial charge in [-0.05, 0) is 18.7 Å². The van der Waals surface area contributed by atoms with E-state index < -0.39 is 0 Å². The van der Waals surface area contributed by atoms with Crippen molar-refractivity contribution in [3.05, 3.63) is 36.5 Å². The second-order valence-corrected chi connectivity index (χ2v) is 4.58. The number of nitrogens with one attached hydrogen (secondary N) is 2. The average Bonchev–Trinajstić information content (AvgIpc) is 2.45. The van der Waals surface area contributed by atoms with Crippen molar-refractivity contribution >= 4 is 22.5 Å². The van der Waals surface area contributed by atoms with Gasteiger partial charge in [0, 0.05) is 24.0 Å². The minimum atomic E-state index is -0.0704. The van der Waals surface area contributed by atoms with Gasteiger partial charge in [0.1, 0.15) is 0 Å². The molecule has 4 heteroatoms. The van der Waals surface area contributed by atoms with Crippen LogP contribution in [0.4, 0.5) is 5.69 Å². The average molecular weight is 257 g/mol. The van der Waals surface area contributed by atoms with Crippen LogP contribution >= 0.6 is 0 Å². The van der Waals surface area contributed by atoms with Gasteiger partial charge in [0.05, 0.1) is 11.2 Å². The molecule has 2 rings (SSSR count). The van der Waals surface area contributed by atoms with Gasteiger partial charge in [-0.3, -0.25) is 9.78 Å². The van der Waals surface area contributed by atoms with Gasteiger partial charge in [-0.1, -0.05) is 32.0 Å². The van der Waals surface area contributed by atoms with Crippen LogP contribution in [-0.2, 0) is 4.79 Å². The Labute approximate surface area is 113 Å². The van der Waals surface area contributed by atoms with Crippen LogP contribution in [0.15, 0.2) is 36.5 Å². The molecule has 1 heterocycles. The van der Waals surface area contributed by atoms with Crippen molar-refractivity contribution in [1.82, 2.24) is 10.3 Å². The van der Waals surface area contributed by atoms with Crippen molar-refractivity contribution in [2.45, 2.75) is 13.8 Å². The van der Waals surface area contributed by atoms with Crippen LogP contribution in [0.25, 0.3) is 10.9 Å². The molecule has 1 aromatic carbocycles. The number of rotatable bonds is 5. The SMILES string of the molecule is CCNCC(C)C(=O)Nc1cccc2cccnc12. The van der Waals surface area contributed by atoms with Gasteiger partial charge < -0.3 is 10.6 Å². The fourth-order valence-corrected chi connectivity index (χ4v) is 1.91. The van der Waals surface area contributed by atoms with Crippen LogP contribution in [0.1, 0.15) is 13.8 Å². The van der Waals surface area contributed by atoms with E-state index in [9.17, 15) is 4.79 Å². The summed E-state index contributed by atoms with van der Waals surface area (Å²) in [7, 11) is 0. The molecule has 100 valence electrons. The Morgan fingerprint density at radius 3 is 2.89 bits per heavy atom. The summed E-state index contributed by atoms with van der Waals surface area (Å²) in [5.74, 6) is -0.0574. The molecule has 2 N–H and O–H groups in total. The third-order valence-corrected chi connectivity index (χ3v) is 3.04. The quantitative estimate of drug-likeness (QED) is 0.865. The van der Waals surface area contributed by atoms with Crippen molar-refractivity contribution < 1.29 is 4.79 Å². The molecule has 0 aliphatic rings. The number of hydrogen-bond acceptors (Lipinski definition) is 3. The summed E-state index contributed by atoms with van der Waals surface area (Å²) in [6.07, 6.45) is 1.74. The van der Waals surface area contributed by atoms with Gasteiger partial charge in [0.2, 0.25) is 5.91 Å². The van der Waals surface area contributed by atoms with E-state index in [1.54, 1.807) is 6.20 Å². The summed E-state index contributed by atoms with van der Waals surface area (Å²) in [4.78, 5) is 16.4. The van der Waals surface area contributed by atoms with Crippen molar-refractivity contribution in [2.24, 2.45) is 5.92 Å². The maximum atomic E-state index is 12.1. The number of para-hydroxylation sites is 1. The predicted octanol–water partition coefficient (Wildman–Crippen LogP) is 2.42. The number of amides is 1. The maximum absolute atomic E-state index is 12.1. The first-order chi connectivity index (χ1) is 9.22. The first-order valence-electron chi connectivity index (χ1n) is 6.57. The maximum Gasteiger partial charge on any atom is 0.228 e. The summed E-state index contributed by atoms with van der Waals surface area (Å²) >= 11 is 0. The molecular weight excluding hydrogens is 238 g/mol. The van der Waals surface area contributed by atoms with Gasteiger partial charge in [-0.25, -0.2) is 0 Å². The molecule has 4 nitrogen and oxygen atoms in total. The Balaban J connectivity index is 2.15. The van der Waals surface area contributed by atoms with Gasteiger partial charge in [0.25, 0.3) is 0 Å². The molecule has 0 spiro atoms. The lowest BCUT2D eigenvalue weighted by Crippen LogP contribution is -2.30. The number of carbonyl (C=O) groups excluding carboxylic acids is 1. The fourth-order valence-electron chi connectivity index (χ4n) is 1.91. The molecule has 0 saturated carbocycles. The van der Waals surface area contributed by atoms with E-state index in [0.717, 1.165) is 23.1 Å². The highest BCUT2D eigenvalue weighted by atomic mass is 16.1. The Bertz CT molecular complexity index is 563. The highest BCUT2D eigenvalue weighted by Crippen LogP contribution is 2.21. The number of pyridine rings is 1. The smallest absolute Gasteiger partial charge is 0.228 e. The zero-order valence-corrected chi connectivity index (χ0v) is 11.3. The number of carbonyl (C=O) groups is 1. The van der Waals surface area contributed by atoms with Crippen molar-refractivity contribution in [2.75, 3.05) is 18.4 Å². The third-order valence-electron chi connectivity index (χ3n) is 3.04. The molecule has 0 bridgehead atoms. The van der Waals surface area contributed by atoms with Crippen LogP contribution in [0.2, 0.25) is 0 Å². The highest BCUT2D eigenvalue weighted by Gasteiger charge is 2.13. The minimum Gasteiger partial charge on any atom is -0.324 e. The monoisotopic (exact) mass is 257 g/mol. The Kier molecular flexibility index (Phi) is 4.47. The van der Waals surface area contributed by atoms with Crippen LogP contribution in [0.3, 0.4) is 0 Å². The minimum absolute atomic E-state index is 0.0131. The molecule has 0 fully saturated rings. The molecule has 1 unspecified atom stereocenters. The van der Waals surface area contributed by atoms with Crippen LogP contribution in [0, 0.1) is 5.92 Å². The number of anilines is 1. The van der Waals surface area contributed by atoms with E-state index in [2.05, 4.69) is 15.6 Å². The number of hydrogen-bond donors (Lipinski definition) is 2. The Morgan fingerprint density at radius 2 is 2.11 bits per heavy atom. The summed E-state index contributed by atoms with van der Waals surface area (Å²) in [6, 6.07) is 9.67. The second kappa shape index (κ2) is 6.29. The molecule has 19 heavy (non-hydrogen) atoms. The van der Waals surface area contributed by atoms with Crippen molar-refractivity contribution in [3.8, 4) is 0 Å². The molecule has 1 aromatic heterocycles. The zero-order valence-electron chi connectivity index (χ0n) is 11.3. The fraction of sp³-hybridized carbons (Fsp3) is 0.333. The lowest BCUT2D eigenvalue weighted by Gasteiger charge is -2.13. The number of benzene rings is 1. The van der Waals surface area contributed by atoms with E-state index in [0.29, 0.717) is 6.54 Å². The molecule has 0 aliphatic carbocycles. The second-order valence-electron chi connectivity index (χ2n) is 4.58. The van der Waals surface area contributed by atoms with Gasteiger partial charge in [-0.15, -0.1) is 0 Å². The molecule has 2 aromatic rings. The summed E-state index contributed by atoms with van der Waals surface area (Å²) in [6.45, 7) is 5.49. The van der Waals surface area contributed by atoms with Crippen LogP contribution in [0.5, 0.6) is 0 Å². The normalized spacial score (nSPS) is 12.3. The number of aromatic nitrogens is 1. The van der Waals surface area contributed by atoms with E-state index in [1.165, 1.54) is 0 Å². The van der Waals surface area contributed by atoms with E-state index in [4.69, 9.17) is 0 Å². The van der Waals surface area contributed by atoms with Gasteiger partial charge in [-0.2, -0.15) is 0 Å². The largest absolute Gasteiger partial charge is 0.324 e. The first kappa shape index (κ1) is 13.5. The highest BCUT2D eigenvalue weighted by molar-refractivity contribution is 6.00. The Hall–Kier alpha value is -1.94. The van der Waals surface area contributed by atoms with Crippen molar-refractivity contribution in [3.63, 3.8) is 0 Å². The third kappa shape index (κ3) is 3.29. The van der Waals surface area contributed by atoms with Gasteiger partial charge in [0.15, 0.2) is 0 Å². The van der Waals surface area contributed by atoms with Crippen LogP contribution < -0.4 is 10.6 Å². The standard InChI is InChI=1S/C15H19N3O/c1-3-16-10-11(2)15(19)18-13-8-4-6-12-7-5-9-17-14(12)13/h4-9,11,16H,3,10H2,1-2H3,(H,18,19). The van der Waals surface area contributed by atoms with E-state index >= 15 is 0 Å².